The lowest BCUT2D eigenvalue weighted by Gasteiger charge is -2.27. The molecule has 0 radical (unpaired) electrons. The summed E-state index contributed by atoms with van der Waals surface area (Å²) in [7, 11) is 0. The summed E-state index contributed by atoms with van der Waals surface area (Å²) in [5.74, 6) is -1.17. The predicted octanol–water partition coefficient (Wildman–Crippen LogP) is 5.12. The van der Waals surface area contributed by atoms with Gasteiger partial charge < -0.3 is 0 Å². The lowest BCUT2D eigenvalue weighted by Crippen LogP contribution is -2.39. The number of hydrogen-bond acceptors (Lipinski definition) is 3. The molecule has 0 saturated heterocycles. The molecule has 2 aromatic rings. The lowest BCUT2D eigenvalue weighted by atomic mass is 9.78. The van der Waals surface area contributed by atoms with E-state index in [1.54, 1.807) is 30.3 Å². The van der Waals surface area contributed by atoms with E-state index in [1.165, 1.54) is 26.0 Å². The molecule has 0 fully saturated rings. The molecule has 138 valence electrons. The van der Waals surface area contributed by atoms with E-state index >= 15 is 0 Å². The van der Waals surface area contributed by atoms with E-state index < -0.39 is 28.1 Å². The maximum Gasteiger partial charge on any atom is 0.416 e. The van der Waals surface area contributed by atoms with Crippen molar-refractivity contribution in [3.05, 3.63) is 81.4 Å². The van der Waals surface area contributed by atoms with Crippen LogP contribution in [-0.2, 0) is 6.18 Å². The fourth-order valence-electron chi connectivity index (χ4n) is 2.73. The zero-order valence-electron chi connectivity index (χ0n) is 14.3. The van der Waals surface area contributed by atoms with Crippen molar-refractivity contribution >= 4 is 5.78 Å². The maximum atomic E-state index is 12.8. The van der Waals surface area contributed by atoms with Crippen molar-refractivity contribution in [3.63, 3.8) is 0 Å². The van der Waals surface area contributed by atoms with Gasteiger partial charge in [0.1, 0.15) is 0 Å². The summed E-state index contributed by atoms with van der Waals surface area (Å²) >= 11 is 0. The van der Waals surface area contributed by atoms with Gasteiger partial charge in [-0.3, -0.25) is 14.9 Å². The van der Waals surface area contributed by atoms with Crippen LogP contribution in [-0.4, -0.2) is 16.2 Å². The van der Waals surface area contributed by atoms with Crippen molar-refractivity contribution in [1.82, 2.24) is 0 Å². The first-order valence-electron chi connectivity index (χ1n) is 7.93. The van der Waals surface area contributed by atoms with Gasteiger partial charge >= 0.3 is 6.18 Å². The highest BCUT2D eigenvalue weighted by atomic mass is 19.4. The molecule has 0 amide bonds. The SMILES string of the molecule is CC(C)(C(CC(=O)c1ccccc1)c1ccc(C(F)(F)F)cc1)[N+](=O)[O-]. The molecule has 0 N–H and O–H groups in total. The molecule has 0 spiro atoms. The molecule has 7 heteroatoms. The summed E-state index contributed by atoms with van der Waals surface area (Å²) in [5, 5.41) is 11.5. The highest BCUT2D eigenvalue weighted by molar-refractivity contribution is 5.96. The van der Waals surface area contributed by atoms with Gasteiger partial charge in [0.25, 0.3) is 0 Å². The zero-order chi connectivity index (χ0) is 19.5. The normalized spacial score (nSPS) is 13.3. The van der Waals surface area contributed by atoms with Crippen molar-refractivity contribution in [1.29, 1.82) is 0 Å². The van der Waals surface area contributed by atoms with Crippen LogP contribution in [0, 0.1) is 10.1 Å². The Bertz CT molecular complexity index is 784. The van der Waals surface area contributed by atoms with Gasteiger partial charge in [0, 0.05) is 30.8 Å². The number of halogens is 3. The molecule has 26 heavy (non-hydrogen) atoms. The minimum Gasteiger partial charge on any atom is -0.294 e. The quantitative estimate of drug-likeness (QED) is 0.406. The van der Waals surface area contributed by atoms with Crippen molar-refractivity contribution in [3.8, 4) is 0 Å². The molecule has 2 rings (SSSR count). The highest BCUT2D eigenvalue weighted by Crippen LogP contribution is 2.36. The molecule has 1 atom stereocenters. The number of rotatable bonds is 6. The van der Waals surface area contributed by atoms with E-state index in [1.807, 2.05) is 0 Å². The molecule has 0 aliphatic carbocycles. The lowest BCUT2D eigenvalue weighted by molar-refractivity contribution is -0.565. The molecule has 0 aromatic heterocycles. The van der Waals surface area contributed by atoms with Gasteiger partial charge in [0.05, 0.1) is 11.5 Å². The third kappa shape index (κ3) is 4.28. The van der Waals surface area contributed by atoms with E-state index in [4.69, 9.17) is 0 Å². The fourth-order valence-corrected chi connectivity index (χ4v) is 2.73. The van der Waals surface area contributed by atoms with Crippen LogP contribution < -0.4 is 0 Å². The summed E-state index contributed by atoms with van der Waals surface area (Å²) in [6, 6.07) is 12.5. The van der Waals surface area contributed by atoms with Crippen molar-refractivity contribution in [2.75, 3.05) is 0 Å². The predicted molar refractivity (Wildman–Crippen MR) is 90.6 cm³/mol. The second kappa shape index (κ2) is 7.27. The van der Waals surface area contributed by atoms with Crippen molar-refractivity contribution in [2.45, 2.75) is 37.9 Å². The number of benzene rings is 2. The van der Waals surface area contributed by atoms with E-state index in [0.29, 0.717) is 11.1 Å². The minimum absolute atomic E-state index is 0.177. The average Bonchev–Trinajstić information content (AvgIpc) is 2.59. The Balaban J connectivity index is 2.39. The van der Waals surface area contributed by atoms with Gasteiger partial charge in [0.15, 0.2) is 5.78 Å². The standard InChI is InChI=1S/C19H18F3NO3/c1-18(2,23(25)26)16(12-17(24)14-6-4-3-5-7-14)13-8-10-15(11-9-13)19(20,21)22/h3-11,16H,12H2,1-2H3. The first-order valence-corrected chi connectivity index (χ1v) is 7.93. The second-order valence-corrected chi connectivity index (χ2v) is 6.58. The monoisotopic (exact) mass is 365 g/mol. The van der Waals surface area contributed by atoms with E-state index in [0.717, 1.165) is 12.1 Å². The summed E-state index contributed by atoms with van der Waals surface area (Å²) in [6.45, 7) is 2.74. The number of carbonyl (C=O) groups excluding carboxylic acids is 1. The highest BCUT2D eigenvalue weighted by Gasteiger charge is 2.43. The Morgan fingerprint density at radius 2 is 1.58 bits per heavy atom. The molecule has 4 nitrogen and oxygen atoms in total. The third-order valence-electron chi connectivity index (χ3n) is 4.45. The number of nitro groups is 1. The van der Waals surface area contributed by atoms with Gasteiger partial charge in [-0.15, -0.1) is 0 Å². The molecule has 0 saturated carbocycles. The molecular formula is C19H18F3NO3. The van der Waals surface area contributed by atoms with Gasteiger partial charge in [-0.2, -0.15) is 13.2 Å². The first-order chi connectivity index (χ1) is 12.0. The van der Waals surface area contributed by atoms with Crippen LogP contribution in [0.2, 0.25) is 0 Å². The van der Waals surface area contributed by atoms with Crippen LogP contribution in [0.1, 0.15) is 47.7 Å². The number of carbonyl (C=O) groups is 1. The Labute approximate surface area is 148 Å². The Hall–Kier alpha value is -2.70. The Morgan fingerprint density at radius 1 is 1.04 bits per heavy atom. The van der Waals surface area contributed by atoms with E-state index in [2.05, 4.69) is 0 Å². The minimum atomic E-state index is -4.49. The number of Topliss-reactive ketones (excluding diaryl/α,β-unsaturated/α-hetero) is 1. The molecule has 2 aromatic carbocycles. The van der Waals surface area contributed by atoms with Crippen LogP contribution in [0.5, 0.6) is 0 Å². The number of nitrogens with zero attached hydrogens (tertiary/aromatic N) is 1. The fraction of sp³-hybridized carbons (Fsp3) is 0.316. The number of ketones is 1. The van der Waals surface area contributed by atoms with Crippen LogP contribution >= 0.6 is 0 Å². The van der Waals surface area contributed by atoms with Crippen LogP contribution in [0.4, 0.5) is 13.2 Å². The third-order valence-corrected chi connectivity index (χ3v) is 4.45. The summed E-state index contributed by atoms with van der Waals surface area (Å²) < 4.78 is 38.3. The van der Waals surface area contributed by atoms with Crippen LogP contribution in [0.25, 0.3) is 0 Å². The average molecular weight is 365 g/mol. The Morgan fingerprint density at radius 3 is 2.04 bits per heavy atom. The molecule has 0 aliphatic heterocycles. The first kappa shape index (κ1) is 19.6. The van der Waals surface area contributed by atoms with Gasteiger partial charge in [-0.05, 0) is 17.7 Å². The smallest absolute Gasteiger partial charge is 0.294 e. The second-order valence-electron chi connectivity index (χ2n) is 6.58. The molecule has 0 aliphatic rings. The molecule has 1 unspecified atom stereocenters. The summed E-state index contributed by atoms with van der Waals surface area (Å²) in [4.78, 5) is 23.5. The van der Waals surface area contributed by atoms with Crippen molar-refractivity contribution < 1.29 is 22.9 Å². The van der Waals surface area contributed by atoms with Crippen LogP contribution in [0.3, 0.4) is 0 Å². The molecular weight excluding hydrogens is 347 g/mol. The summed E-state index contributed by atoms with van der Waals surface area (Å²) in [6.07, 6.45) is -4.67. The van der Waals surface area contributed by atoms with E-state index in [9.17, 15) is 28.1 Å². The topological polar surface area (TPSA) is 60.2 Å². The Kier molecular flexibility index (Phi) is 5.49. The van der Waals surface area contributed by atoms with Crippen LogP contribution in [0.15, 0.2) is 54.6 Å². The number of alkyl halides is 3. The van der Waals surface area contributed by atoms with E-state index in [-0.39, 0.29) is 12.2 Å². The molecule has 0 heterocycles. The van der Waals surface area contributed by atoms with Gasteiger partial charge in [-0.1, -0.05) is 42.5 Å². The number of hydrogen-bond donors (Lipinski definition) is 0. The van der Waals surface area contributed by atoms with Crippen molar-refractivity contribution in [2.24, 2.45) is 0 Å². The molecule has 0 bridgehead atoms. The van der Waals surface area contributed by atoms with Gasteiger partial charge in [-0.25, -0.2) is 0 Å². The maximum absolute atomic E-state index is 12.8. The van der Waals surface area contributed by atoms with Gasteiger partial charge in [0.2, 0.25) is 5.54 Å². The summed E-state index contributed by atoms with van der Waals surface area (Å²) in [5.41, 5.74) is -1.63. The zero-order valence-corrected chi connectivity index (χ0v) is 14.3. The largest absolute Gasteiger partial charge is 0.416 e.